The Morgan fingerprint density at radius 2 is 2.00 bits per heavy atom. The Hall–Kier alpha value is -3.93. The van der Waals surface area contributed by atoms with Crippen molar-refractivity contribution in [1.29, 1.82) is 0 Å². The van der Waals surface area contributed by atoms with Gasteiger partial charge in [-0.05, 0) is 51.8 Å². The van der Waals surface area contributed by atoms with Crippen molar-refractivity contribution in [3.05, 3.63) is 41.1 Å². The number of anilines is 1. The zero-order valence-corrected chi connectivity index (χ0v) is 21.6. The lowest BCUT2D eigenvalue weighted by molar-refractivity contribution is -0.131. The second kappa shape index (κ2) is 12.7. The Morgan fingerprint density at radius 3 is 2.56 bits per heavy atom. The molecule has 36 heavy (non-hydrogen) atoms. The van der Waals surface area contributed by atoms with Crippen molar-refractivity contribution in [2.45, 2.75) is 52.1 Å². The maximum absolute atomic E-state index is 13.3. The first-order valence-electron chi connectivity index (χ1n) is 11.8. The first kappa shape index (κ1) is 28.3. The topological polar surface area (TPSA) is 125 Å². The molecule has 9 nitrogen and oxygen atoms in total. The van der Waals surface area contributed by atoms with E-state index in [0.717, 1.165) is 10.6 Å². The smallest absolute Gasteiger partial charge is 0.261 e. The molecule has 0 spiro atoms. The van der Waals surface area contributed by atoms with Gasteiger partial charge in [-0.1, -0.05) is 17.9 Å². The molecule has 9 heteroatoms. The minimum absolute atomic E-state index is 0.0497. The number of likely N-dealkylation sites (N-methyl/N-ethyl adjacent to an activating group) is 1. The van der Waals surface area contributed by atoms with Gasteiger partial charge in [-0.2, -0.15) is 0 Å². The minimum Gasteiger partial charge on any atom is -0.404 e. The quantitative estimate of drug-likeness (QED) is 0.307. The van der Waals surface area contributed by atoms with Crippen LogP contribution in [0.3, 0.4) is 0 Å². The highest BCUT2D eigenvalue weighted by atomic mass is 16.2. The number of aryl methyl sites for hydroxylation is 1. The maximum Gasteiger partial charge on any atom is 0.261 e. The Morgan fingerprint density at radius 1 is 1.31 bits per heavy atom. The number of hydrogen-bond donors (Lipinski definition) is 2. The molecule has 192 valence electrons. The molecule has 1 saturated heterocycles. The van der Waals surface area contributed by atoms with Crippen LogP contribution >= 0.6 is 0 Å². The third-order valence-corrected chi connectivity index (χ3v) is 5.68. The number of aldehydes is 1. The first-order valence-corrected chi connectivity index (χ1v) is 11.8. The number of amides is 3. The van der Waals surface area contributed by atoms with Gasteiger partial charge in [-0.25, -0.2) is 0 Å². The molecule has 1 aliphatic rings. The van der Waals surface area contributed by atoms with Crippen LogP contribution in [0.25, 0.3) is 0 Å². The molecule has 1 atom stereocenters. The average molecular weight is 494 g/mol. The maximum atomic E-state index is 13.3. The van der Waals surface area contributed by atoms with Gasteiger partial charge < -0.3 is 20.7 Å². The summed E-state index contributed by atoms with van der Waals surface area (Å²) in [5, 5.41) is 2.45. The zero-order valence-electron chi connectivity index (χ0n) is 21.6. The molecule has 0 aliphatic carbocycles. The summed E-state index contributed by atoms with van der Waals surface area (Å²) < 4.78 is 0. The number of nitrogens with two attached hydrogens (primary N) is 1. The van der Waals surface area contributed by atoms with Crippen LogP contribution in [0.15, 0.2) is 35.0 Å². The van der Waals surface area contributed by atoms with Crippen LogP contribution in [-0.2, 0) is 14.4 Å². The molecule has 1 aromatic carbocycles. The molecule has 1 heterocycles. The van der Waals surface area contributed by atoms with Crippen molar-refractivity contribution in [3.63, 3.8) is 0 Å². The minimum atomic E-state index is -1.07. The number of carbonyl (C=O) groups excluding carboxylic acids is 4. The van der Waals surface area contributed by atoms with E-state index in [0.29, 0.717) is 42.5 Å². The van der Waals surface area contributed by atoms with Crippen molar-refractivity contribution in [2.24, 2.45) is 16.6 Å². The highest BCUT2D eigenvalue weighted by Gasteiger charge is 2.31. The molecule has 1 fully saturated rings. The molecule has 3 amide bonds. The summed E-state index contributed by atoms with van der Waals surface area (Å²) in [4.78, 5) is 55.6. The van der Waals surface area contributed by atoms with E-state index in [1.165, 1.54) is 13.2 Å². The molecule has 1 aromatic rings. The Balaban J connectivity index is 2.16. The van der Waals surface area contributed by atoms with Gasteiger partial charge in [0.15, 0.2) is 0 Å². The van der Waals surface area contributed by atoms with Crippen LogP contribution in [0.4, 0.5) is 5.69 Å². The summed E-state index contributed by atoms with van der Waals surface area (Å²) in [5.74, 6) is 5.32. The molecule has 0 aromatic heterocycles. The normalized spacial score (nSPS) is 14.9. The SMILES string of the molecule is CNC(=O)C(CCC=O)N(C=O)C(=O)c1cc(N2CC(C#CC(C=NC(C)(C)C)=CN)C2)ccc1C. The number of carbonyl (C=O) groups is 4. The number of aliphatic imine (C=N–C) groups is 1. The van der Waals surface area contributed by atoms with Crippen molar-refractivity contribution in [3.8, 4) is 11.8 Å². The van der Waals surface area contributed by atoms with E-state index in [2.05, 4.69) is 27.0 Å². The fourth-order valence-corrected chi connectivity index (χ4v) is 3.57. The fraction of sp³-hybridized carbons (Fsp3) is 0.444. The van der Waals surface area contributed by atoms with Crippen molar-refractivity contribution >= 4 is 36.4 Å². The number of allylic oxidation sites excluding steroid dienone is 1. The van der Waals surface area contributed by atoms with E-state index in [4.69, 9.17) is 5.73 Å². The predicted octanol–water partition coefficient (Wildman–Crippen LogP) is 1.84. The standard InChI is InChI=1S/C27H35N5O4/c1-19-8-11-22(31-16-21(17-31)10-9-20(14-28)15-30-27(2,3)4)13-23(19)26(36)32(18-34)24(7-6-12-33)25(35)29-5/h8,11-15,18,21,24H,6-7,16-17,28H2,1-5H3,(H,29,35). The van der Waals surface area contributed by atoms with Gasteiger partial charge in [0.2, 0.25) is 12.3 Å². The van der Waals surface area contributed by atoms with E-state index >= 15 is 0 Å². The van der Waals surface area contributed by atoms with Gasteiger partial charge in [0, 0.05) is 50.2 Å². The van der Waals surface area contributed by atoms with Crippen molar-refractivity contribution in [1.82, 2.24) is 10.2 Å². The number of rotatable bonds is 9. The lowest BCUT2D eigenvalue weighted by Gasteiger charge is -2.38. The second-order valence-corrected chi connectivity index (χ2v) is 9.61. The van der Waals surface area contributed by atoms with Crippen molar-refractivity contribution in [2.75, 3.05) is 25.0 Å². The summed E-state index contributed by atoms with van der Waals surface area (Å²) in [7, 11) is 1.42. The van der Waals surface area contributed by atoms with Gasteiger partial charge in [-0.15, -0.1) is 0 Å². The van der Waals surface area contributed by atoms with Gasteiger partial charge in [0.25, 0.3) is 5.91 Å². The van der Waals surface area contributed by atoms with Crippen LogP contribution < -0.4 is 16.0 Å². The van der Waals surface area contributed by atoms with Crippen LogP contribution in [0.5, 0.6) is 0 Å². The predicted molar refractivity (Wildman–Crippen MR) is 141 cm³/mol. The van der Waals surface area contributed by atoms with Gasteiger partial charge >= 0.3 is 0 Å². The number of hydrogen-bond acceptors (Lipinski definition) is 7. The number of nitrogens with zero attached hydrogens (tertiary/aromatic N) is 3. The third-order valence-electron chi connectivity index (χ3n) is 5.68. The summed E-state index contributed by atoms with van der Waals surface area (Å²) >= 11 is 0. The van der Waals surface area contributed by atoms with Crippen molar-refractivity contribution < 1.29 is 19.2 Å². The first-order chi connectivity index (χ1) is 17.0. The highest BCUT2D eigenvalue weighted by Crippen LogP contribution is 2.27. The summed E-state index contributed by atoms with van der Waals surface area (Å²) in [6.45, 7) is 9.10. The number of nitrogens with one attached hydrogen (secondary N) is 1. The summed E-state index contributed by atoms with van der Waals surface area (Å²) in [6.07, 6.45) is 4.23. The largest absolute Gasteiger partial charge is 0.404 e. The molecule has 0 radical (unpaired) electrons. The average Bonchev–Trinajstić information content (AvgIpc) is 2.81. The monoisotopic (exact) mass is 493 g/mol. The fourth-order valence-electron chi connectivity index (χ4n) is 3.57. The van der Waals surface area contributed by atoms with E-state index in [1.54, 1.807) is 19.2 Å². The van der Waals surface area contributed by atoms with Crippen LogP contribution in [-0.4, -0.2) is 67.3 Å². The van der Waals surface area contributed by atoms with E-state index < -0.39 is 17.9 Å². The van der Waals surface area contributed by atoms with E-state index in [9.17, 15) is 19.2 Å². The lowest BCUT2D eigenvalue weighted by Crippen LogP contribution is -2.48. The Kier molecular flexibility index (Phi) is 9.97. The molecular weight excluding hydrogens is 458 g/mol. The molecule has 3 N–H and O–H groups in total. The van der Waals surface area contributed by atoms with Crippen LogP contribution in [0.2, 0.25) is 0 Å². The Bertz CT molecular complexity index is 1100. The number of imide groups is 1. The molecule has 0 bridgehead atoms. The number of benzene rings is 1. The van der Waals surface area contributed by atoms with Crippen LogP contribution in [0, 0.1) is 24.7 Å². The molecule has 1 unspecified atom stereocenters. The summed E-state index contributed by atoms with van der Waals surface area (Å²) in [6, 6.07) is 4.37. The van der Waals surface area contributed by atoms with Gasteiger partial charge in [-0.3, -0.25) is 24.3 Å². The van der Waals surface area contributed by atoms with Gasteiger partial charge in [0.05, 0.1) is 17.0 Å². The lowest BCUT2D eigenvalue weighted by atomic mass is 9.97. The van der Waals surface area contributed by atoms with E-state index in [-0.39, 0.29) is 24.3 Å². The second-order valence-electron chi connectivity index (χ2n) is 9.61. The third kappa shape index (κ3) is 7.54. The van der Waals surface area contributed by atoms with Crippen LogP contribution in [0.1, 0.15) is 49.5 Å². The van der Waals surface area contributed by atoms with Gasteiger partial charge in [0.1, 0.15) is 12.3 Å². The van der Waals surface area contributed by atoms with E-state index in [1.807, 2.05) is 32.9 Å². The molecular formula is C27H35N5O4. The molecule has 1 aliphatic heterocycles. The zero-order chi connectivity index (χ0) is 26.9. The summed E-state index contributed by atoms with van der Waals surface area (Å²) in [5.41, 5.74) is 7.93. The Labute approximate surface area is 212 Å². The molecule has 0 saturated carbocycles. The highest BCUT2D eigenvalue weighted by molar-refractivity contribution is 6.04. The molecule has 2 rings (SSSR count).